The molecule has 2 heterocycles. The third kappa shape index (κ3) is 3.49. The normalized spacial score (nSPS) is 24.8. The van der Waals surface area contributed by atoms with Gasteiger partial charge in [0.25, 0.3) is 0 Å². The summed E-state index contributed by atoms with van der Waals surface area (Å²) < 4.78 is 5.76. The third-order valence-electron chi connectivity index (χ3n) is 3.88. The summed E-state index contributed by atoms with van der Waals surface area (Å²) in [6.45, 7) is 10.2. The molecule has 2 rings (SSSR count). The highest BCUT2D eigenvalue weighted by Crippen LogP contribution is 2.25. The van der Waals surface area contributed by atoms with E-state index in [4.69, 9.17) is 15.5 Å². The largest absolute Gasteiger partial charge is 0.375 e. The van der Waals surface area contributed by atoms with Crippen molar-refractivity contribution in [2.75, 3.05) is 18.1 Å². The maximum Gasteiger partial charge on any atom is 0.131 e. The molecule has 1 aliphatic rings. The molecule has 0 radical (unpaired) electrons. The number of rotatable bonds is 4. The molecule has 4 nitrogen and oxygen atoms in total. The lowest BCUT2D eigenvalue weighted by atomic mass is 10.1. The van der Waals surface area contributed by atoms with Crippen LogP contribution < -0.4 is 10.6 Å². The summed E-state index contributed by atoms with van der Waals surface area (Å²) in [5, 5.41) is 0. The number of anilines is 1. The van der Waals surface area contributed by atoms with Gasteiger partial charge in [0.2, 0.25) is 0 Å². The maximum absolute atomic E-state index is 5.86. The van der Waals surface area contributed by atoms with Crippen LogP contribution in [0.2, 0.25) is 0 Å². The molecular formula is C16H27N3O. The first-order chi connectivity index (χ1) is 9.51. The molecule has 0 spiro atoms. The summed E-state index contributed by atoms with van der Waals surface area (Å²) in [5.74, 6) is 1.10. The fraction of sp³-hybridized carbons (Fsp3) is 0.688. The summed E-state index contributed by atoms with van der Waals surface area (Å²) in [7, 11) is 0. The van der Waals surface area contributed by atoms with Crippen LogP contribution in [0.4, 0.5) is 5.82 Å². The summed E-state index contributed by atoms with van der Waals surface area (Å²) in [5.41, 5.74) is 8.31. The quantitative estimate of drug-likeness (QED) is 0.917. The fourth-order valence-corrected chi connectivity index (χ4v) is 2.85. The number of hydrogen-bond donors (Lipinski definition) is 1. The number of aryl methyl sites for hydroxylation is 1. The Labute approximate surface area is 122 Å². The SMILES string of the molecule is CCC1COC(C)CN1c1ncc(CC(C)N)cc1C. The van der Waals surface area contributed by atoms with Gasteiger partial charge >= 0.3 is 0 Å². The number of nitrogens with two attached hydrogens (primary N) is 1. The van der Waals surface area contributed by atoms with Gasteiger partial charge in [0, 0.05) is 18.8 Å². The standard InChI is InChI=1S/C16H27N3O/c1-5-15-10-20-13(4)9-19(15)16-11(2)6-14(8-18-16)7-12(3)17/h6,8,12-13,15H,5,7,9-10,17H2,1-4H3. The van der Waals surface area contributed by atoms with Crippen LogP contribution in [0.15, 0.2) is 12.3 Å². The molecule has 1 aromatic rings. The number of pyridine rings is 1. The van der Waals surface area contributed by atoms with Crippen molar-refractivity contribution in [3.8, 4) is 0 Å². The Bertz CT molecular complexity index is 447. The average molecular weight is 277 g/mol. The van der Waals surface area contributed by atoms with Crippen molar-refractivity contribution in [3.05, 3.63) is 23.4 Å². The van der Waals surface area contributed by atoms with Crippen molar-refractivity contribution >= 4 is 5.82 Å². The molecule has 1 aromatic heterocycles. The Morgan fingerprint density at radius 1 is 1.55 bits per heavy atom. The predicted molar refractivity (Wildman–Crippen MR) is 83.2 cm³/mol. The zero-order valence-electron chi connectivity index (χ0n) is 13.1. The molecular weight excluding hydrogens is 250 g/mol. The molecule has 4 heteroatoms. The first kappa shape index (κ1) is 15.3. The number of nitrogens with zero attached hydrogens (tertiary/aromatic N) is 2. The van der Waals surface area contributed by atoms with Gasteiger partial charge in [-0.25, -0.2) is 4.98 Å². The summed E-state index contributed by atoms with van der Waals surface area (Å²) in [6.07, 6.45) is 4.20. The van der Waals surface area contributed by atoms with Gasteiger partial charge in [0.05, 0.1) is 18.8 Å². The zero-order chi connectivity index (χ0) is 14.7. The van der Waals surface area contributed by atoms with Crippen LogP contribution in [0.5, 0.6) is 0 Å². The Hall–Kier alpha value is -1.13. The van der Waals surface area contributed by atoms with Crippen LogP contribution in [0, 0.1) is 6.92 Å². The van der Waals surface area contributed by atoms with E-state index in [0.717, 1.165) is 31.8 Å². The van der Waals surface area contributed by atoms with Gasteiger partial charge in [-0.2, -0.15) is 0 Å². The monoisotopic (exact) mass is 277 g/mol. The van der Waals surface area contributed by atoms with Crippen molar-refractivity contribution in [1.82, 2.24) is 4.98 Å². The van der Waals surface area contributed by atoms with E-state index in [9.17, 15) is 0 Å². The van der Waals surface area contributed by atoms with Crippen molar-refractivity contribution in [2.24, 2.45) is 5.73 Å². The van der Waals surface area contributed by atoms with E-state index in [1.807, 2.05) is 13.1 Å². The van der Waals surface area contributed by atoms with E-state index in [1.165, 1.54) is 11.1 Å². The van der Waals surface area contributed by atoms with Gasteiger partial charge in [-0.3, -0.25) is 0 Å². The Morgan fingerprint density at radius 3 is 2.90 bits per heavy atom. The molecule has 0 amide bonds. The van der Waals surface area contributed by atoms with Crippen LogP contribution in [0.25, 0.3) is 0 Å². The van der Waals surface area contributed by atoms with Crippen LogP contribution in [-0.4, -0.2) is 36.3 Å². The lowest BCUT2D eigenvalue weighted by Crippen LogP contribution is -2.49. The fourth-order valence-electron chi connectivity index (χ4n) is 2.85. The molecule has 1 aliphatic heterocycles. The Kier molecular flexibility index (Phi) is 5.00. The van der Waals surface area contributed by atoms with Crippen molar-refractivity contribution in [2.45, 2.75) is 58.7 Å². The van der Waals surface area contributed by atoms with E-state index < -0.39 is 0 Å². The number of morpholine rings is 1. The molecule has 3 unspecified atom stereocenters. The predicted octanol–water partition coefficient (Wildman–Crippen LogP) is 2.28. The van der Waals surface area contributed by atoms with E-state index in [2.05, 4.69) is 31.7 Å². The molecule has 1 fully saturated rings. The molecule has 0 aliphatic carbocycles. The van der Waals surface area contributed by atoms with Gasteiger partial charge in [0.1, 0.15) is 5.82 Å². The smallest absolute Gasteiger partial charge is 0.131 e. The first-order valence-corrected chi connectivity index (χ1v) is 7.60. The number of aromatic nitrogens is 1. The van der Waals surface area contributed by atoms with Crippen LogP contribution in [0.3, 0.4) is 0 Å². The third-order valence-corrected chi connectivity index (χ3v) is 3.88. The number of hydrogen-bond acceptors (Lipinski definition) is 4. The van der Waals surface area contributed by atoms with Crippen LogP contribution in [-0.2, 0) is 11.2 Å². The second-order valence-electron chi connectivity index (χ2n) is 6.02. The van der Waals surface area contributed by atoms with E-state index in [-0.39, 0.29) is 12.1 Å². The lowest BCUT2D eigenvalue weighted by Gasteiger charge is -2.39. The molecule has 1 saturated heterocycles. The lowest BCUT2D eigenvalue weighted by molar-refractivity contribution is 0.0296. The highest BCUT2D eigenvalue weighted by atomic mass is 16.5. The van der Waals surface area contributed by atoms with E-state index in [1.54, 1.807) is 0 Å². The highest BCUT2D eigenvalue weighted by molar-refractivity contribution is 5.49. The molecule has 0 bridgehead atoms. The summed E-state index contributed by atoms with van der Waals surface area (Å²) >= 11 is 0. The second-order valence-corrected chi connectivity index (χ2v) is 6.02. The van der Waals surface area contributed by atoms with Gasteiger partial charge < -0.3 is 15.4 Å². The average Bonchev–Trinajstić information content (AvgIpc) is 2.38. The number of ether oxygens (including phenoxy) is 1. The minimum absolute atomic E-state index is 0.175. The topological polar surface area (TPSA) is 51.4 Å². The maximum atomic E-state index is 5.86. The molecule has 3 atom stereocenters. The highest BCUT2D eigenvalue weighted by Gasteiger charge is 2.27. The van der Waals surface area contributed by atoms with Crippen LogP contribution >= 0.6 is 0 Å². The minimum atomic E-state index is 0.175. The van der Waals surface area contributed by atoms with E-state index in [0.29, 0.717) is 6.04 Å². The molecule has 0 aromatic carbocycles. The van der Waals surface area contributed by atoms with Crippen molar-refractivity contribution in [1.29, 1.82) is 0 Å². The first-order valence-electron chi connectivity index (χ1n) is 7.60. The molecule has 112 valence electrons. The Morgan fingerprint density at radius 2 is 2.30 bits per heavy atom. The minimum Gasteiger partial charge on any atom is -0.375 e. The molecule has 0 saturated carbocycles. The van der Waals surface area contributed by atoms with E-state index >= 15 is 0 Å². The van der Waals surface area contributed by atoms with Gasteiger partial charge in [-0.05, 0) is 44.7 Å². The van der Waals surface area contributed by atoms with Gasteiger partial charge in [-0.1, -0.05) is 13.0 Å². The van der Waals surface area contributed by atoms with Crippen LogP contribution in [0.1, 0.15) is 38.3 Å². The van der Waals surface area contributed by atoms with Crippen molar-refractivity contribution < 1.29 is 4.74 Å². The zero-order valence-corrected chi connectivity index (χ0v) is 13.1. The molecule has 20 heavy (non-hydrogen) atoms. The second kappa shape index (κ2) is 6.55. The summed E-state index contributed by atoms with van der Waals surface area (Å²) in [4.78, 5) is 7.10. The summed E-state index contributed by atoms with van der Waals surface area (Å²) in [6, 6.07) is 2.82. The molecule has 2 N–H and O–H groups in total. The Balaban J connectivity index is 2.22. The van der Waals surface area contributed by atoms with Gasteiger partial charge in [-0.15, -0.1) is 0 Å². The van der Waals surface area contributed by atoms with Crippen molar-refractivity contribution in [3.63, 3.8) is 0 Å². The van der Waals surface area contributed by atoms with Gasteiger partial charge in [0.15, 0.2) is 0 Å².